The van der Waals surface area contributed by atoms with Gasteiger partial charge in [-0.2, -0.15) is 0 Å². The van der Waals surface area contributed by atoms with E-state index in [1.165, 1.54) is 11.6 Å². The standard InChI is InChI=1S/C17H18FNO/c1-12-9-10-13-5-2-3-7-16(13)19(12)17-8-4-6-15(18)14(17)11-20/h2-8,12,20H,9-11H2,1H3. The van der Waals surface area contributed by atoms with Crippen molar-refractivity contribution in [3.05, 3.63) is 59.4 Å². The molecule has 1 heterocycles. The summed E-state index contributed by atoms with van der Waals surface area (Å²) in [5, 5.41) is 9.50. The fourth-order valence-electron chi connectivity index (χ4n) is 2.98. The molecular weight excluding hydrogens is 253 g/mol. The van der Waals surface area contributed by atoms with Crippen molar-refractivity contribution in [3.8, 4) is 0 Å². The lowest BCUT2D eigenvalue weighted by Gasteiger charge is -2.38. The van der Waals surface area contributed by atoms with Gasteiger partial charge in [-0.05, 0) is 43.5 Å². The Balaban J connectivity index is 2.17. The lowest BCUT2D eigenvalue weighted by atomic mass is 9.95. The van der Waals surface area contributed by atoms with Gasteiger partial charge in [0.1, 0.15) is 5.82 Å². The zero-order valence-corrected chi connectivity index (χ0v) is 11.5. The van der Waals surface area contributed by atoms with Gasteiger partial charge in [-0.1, -0.05) is 24.3 Å². The fraction of sp³-hybridized carbons (Fsp3) is 0.294. The highest BCUT2D eigenvalue weighted by Crippen LogP contribution is 2.38. The molecule has 0 amide bonds. The van der Waals surface area contributed by atoms with Crippen LogP contribution in [0.5, 0.6) is 0 Å². The zero-order chi connectivity index (χ0) is 14.1. The van der Waals surface area contributed by atoms with Crippen molar-refractivity contribution < 1.29 is 9.50 Å². The number of hydrogen-bond acceptors (Lipinski definition) is 2. The number of rotatable bonds is 2. The van der Waals surface area contributed by atoms with Crippen molar-refractivity contribution in [1.82, 2.24) is 0 Å². The van der Waals surface area contributed by atoms with Crippen molar-refractivity contribution in [2.45, 2.75) is 32.4 Å². The van der Waals surface area contributed by atoms with Crippen LogP contribution >= 0.6 is 0 Å². The molecule has 3 heteroatoms. The maximum atomic E-state index is 13.9. The molecule has 0 fully saturated rings. The first-order valence-corrected chi connectivity index (χ1v) is 6.97. The number of hydrogen-bond donors (Lipinski definition) is 1. The summed E-state index contributed by atoms with van der Waals surface area (Å²) >= 11 is 0. The molecular formula is C17H18FNO. The van der Waals surface area contributed by atoms with Gasteiger partial charge in [-0.3, -0.25) is 0 Å². The normalized spacial score (nSPS) is 17.9. The van der Waals surface area contributed by atoms with Crippen LogP contribution in [0.2, 0.25) is 0 Å². The van der Waals surface area contributed by atoms with E-state index in [2.05, 4.69) is 24.0 Å². The molecule has 3 rings (SSSR count). The molecule has 2 aromatic rings. The predicted molar refractivity (Wildman–Crippen MR) is 78.7 cm³/mol. The first kappa shape index (κ1) is 13.1. The van der Waals surface area contributed by atoms with Gasteiger partial charge in [0.05, 0.1) is 6.61 Å². The molecule has 1 aliphatic heterocycles. The van der Waals surface area contributed by atoms with E-state index in [1.807, 2.05) is 18.2 Å². The van der Waals surface area contributed by atoms with Gasteiger partial charge >= 0.3 is 0 Å². The second kappa shape index (κ2) is 5.25. The van der Waals surface area contributed by atoms with E-state index >= 15 is 0 Å². The zero-order valence-electron chi connectivity index (χ0n) is 11.5. The van der Waals surface area contributed by atoms with Crippen LogP contribution in [-0.4, -0.2) is 11.1 Å². The SMILES string of the molecule is CC1CCc2ccccc2N1c1cccc(F)c1CO. The van der Waals surface area contributed by atoms with Gasteiger partial charge in [0, 0.05) is 23.0 Å². The summed E-state index contributed by atoms with van der Waals surface area (Å²) < 4.78 is 13.9. The summed E-state index contributed by atoms with van der Waals surface area (Å²) in [6.07, 6.45) is 2.07. The minimum Gasteiger partial charge on any atom is -0.391 e. The van der Waals surface area contributed by atoms with Crippen LogP contribution in [-0.2, 0) is 13.0 Å². The number of aliphatic hydroxyl groups is 1. The van der Waals surface area contributed by atoms with E-state index < -0.39 is 0 Å². The molecule has 0 bridgehead atoms. The lowest BCUT2D eigenvalue weighted by Crippen LogP contribution is -2.34. The Kier molecular flexibility index (Phi) is 3.45. The molecule has 0 spiro atoms. The summed E-state index contributed by atoms with van der Waals surface area (Å²) in [7, 11) is 0. The Bertz CT molecular complexity index is 626. The van der Waals surface area contributed by atoms with Crippen LogP contribution in [0.15, 0.2) is 42.5 Å². The van der Waals surface area contributed by atoms with Crippen LogP contribution in [0.4, 0.5) is 15.8 Å². The van der Waals surface area contributed by atoms with E-state index in [0.29, 0.717) is 5.56 Å². The molecule has 20 heavy (non-hydrogen) atoms. The largest absolute Gasteiger partial charge is 0.391 e. The van der Waals surface area contributed by atoms with Crippen molar-refractivity contribution in [2.24, 2.45) is 0 Å². The smallest absolute Gasteiger partial charge is 0.130 e. The summed E-state index contributed by atoms with van der Waals surface area (Å²) in [4.78, 5) is 2.15. The third kappa shape index (κ3) is 2.08. The monoisotopic (exact) mass is 271 g/mol. The number of nitrogens with zero attached hydrogens (tertiary/aromatic N) is 1. The molecule has 1 N–H and O–H groups in total. The number of halogens is 1. The minimum absolute atomic E-state index is 0.284. The van der Waals surface area contributed by atoms with E-state index in [4.69, 9.17) is 0 Å². The quantitative estimate of drug-likeness (QED) is 0.898. The Morgan fingerprint density at radius 1 is 1.15 bits per heavy atom. The highest BCUT2D eigenvalue weighted by Gasteiger charge is 2.26. The third-order valence-corrected chi connectivity index (χ3v) is 4.04. The minimum atomic E-state index is -0.347. The fourth-order valence-corrected chi connectivity index (χ4v) is 2.98. The summed E-state index contributed by atoms with van der Waals surface area (Å²) in [6.45, 7) is 1.86. The van der Waals surface area contributed by atoms with Crippen molar-refractivity contribution in [2.75, 3.05) is 4.90 Å². The lowest BCUT2D eigenvalue weighted by molar-refractivity contribution is 0.276. The van der Waals surface area contributed by atoms with Crippen LogP contribution in [0.25, 0.3) is 0 Å². The van der Waals surface area contributed by atoms with Crippen molar-refractivity contribution in [3.63, 3.8) is 0 Å². The topological polar surface area (TPSA) is 23.5 Å². The molecule has 2 nitrogen and oxygen atoms in total. The van der Waals surface area contributed by atoms with Crippen LogP contribution in [0.1, 0.15) is 24.5 Å². The maximum Gasteiger partial charge on any atom is 0.130 e. The van der Waals surface area contributed by atoms with Gasteiger partial charge < -0.3 is 10.0 Å². The number of aliphatic hydroxyl groups excluding tert-OH is 1. The van der Waals surface area contributed by atoms with Gasteiger partial charge in [-0.25, -0.2) is 4.39 Å². The van der Waals surface area contributed by atoms with Crippen molar-refractivity contribution >= 4 is 11.4 Å². The Morgan fingerprint density at radius 2 is 1.90 bits per heavy atom. The molecule has 104 valence electrons. The van der Waals surface area contributed by atoms with E-state index in [0.717, 1.165) is 24.2 Å². The van der Waals surface area contributed by atoms with E-state index in [1.54, 1.807) is 6.07 Å². The first-order chi connectivity index (χ1) is 9.72. The van der Waals surface area contributed by atoms with Crippen LogP contribution < -0.4 is 4.90 Å². The average Bonchev–Trinajstić information content (AvgIpc) is 2.47. The Hall–Kier alpha value is -1.87. The summed E-state index contributed by atoms with van der Waals surface area (Å²) in [6, 6.07) is 13.5. The molecule has 0 radical (unpaired) electrons. The molecule has 0 saturated heterocycles. The summed E-state index contributed by atoms with van der Waals surface area (Å²) in [5.74, 6) is -0.347. The Labute approximate surface area is 118 Å². The molecule has 1 unspecified atom stereocenters. The number of benzene rings is 2. The Morgan fingerprint density at radius 3 is 2.70 bits per heavy atom. The number of aryl methyl sites for hydroxylation is 1. The predicted octanol–water partition coefficient (Wildman–Crippen LogP) is 3.79. The van der Waals surface area contributed by atoms with Gasteiger partial charge in [0.15, 0.2) is 0 Å². The summed E-state index contributed by atoms with van der Waals surface area (Å²) in [5.41, 5.74) is 3.54. The third-order valence-electron chi connectivity index (χ3n) is 4.04. The van der Waals surface area contributed by atoms with Gasteiger partial charge in [0.25, 0.3) is 0 Å². The first-order valence-electron chi connectivity index (χ1n) is 6.97. The van der Waals surface area contributed by atoms with Gasteiger partial charge in [0.2, 0.25) is 0 Å². The molecule has 2 aromatic carbocycles. The van der Waals surface area contributed by atoms with Crippen LogP contribution in [0.3, 0.4) is 0 Å². The highest BCUT2D eigenvalue weighted by atomic mass is 19.1. The maximum absolute atomic E-state index is 13.9. The second-order valence-corrected chi connectivity index (χ2v) is 5.28. The molecule has 0 saturated carbocycles. The molecule has 1 atom stereocenters. The molecule has 1 aliphatic rings. The van der Waals surface area contributed by atoms with E-state index in [-0.39, 0.29) is 18.5 Å². The van der Waals surface area contributed by atoms with Gasteiger partial charge in [-0.15, -0.1) is 0 Å². The highest BCUT2D eigenvalue weighted by molar-refractivity contribution is 5.71. The number of para-hydroxylation sites is 1. The molecule has 0 aliphatic carbocycles. The molecule has 0 aromatic heterocycles. The number of anilines is 2. The van der Waals surface area contributed by atoms with Crippen molar-refractivity contribution in [1.29, 1.82) is 0 Å². The average molecular weight is 271 g/mol. The number of fused-ring (bicyclic) bond motifs is 1. The van der Waals surface area contributed by atoms with E-state index in [9.17, 15) is 9.50 Å². The second-order valence-electron chi connectivity index (χ2n) is 5.28. The van der Waals surface area contributed by atoms with Crippen LogP contribution in [0, 0.1) is 5.82 Å².